The molecule has 1 saturated heterocycles. The molecule has 0 atom stereocenters. The van der Waals surface area contributed by atoms with Crippen molar-refractivity contribution in [3.05, 3.63) is 95.1 Å². The lowest BCUT2D eigenvalue weighted by atomic mass is 9.99. The van der Waals surface area contributed by atoms with Crippen molar-refractivity contribution < 1.29 is 19.1 Å². The van der Waals surface area contributed by atoms with Crippen molar-refractivity contribution in [2.75, 3.05) is 23.8 Å². The fraction of sp³-hybridized carbons (Fsp3) is 0.207. The van der Waals surface area contributed by atoms with Crippen molar-refractivity contribution in [2.24, 2.45) is 0 Å². The Labute approximate surface area is 209 Å². The monoisotopic (exact) mass is 481 g/mol. The summed E-state index contributed by atoms with van der Waals surface area (Å²) >= 11 is 0. The van der Waals surface area contributed by atoms with Gasteiger partial charge < -0.3 is 20.3 Å². The molecule has 2 heterocycles. The largest absolute Gasteiger partial charge is 0.462 e. The zero-order chi connectivity index (χ0) is 25.1. The van der Waals surface area contributed by atoms with E-state index in [-0.39, 0.29) is 18.4 Å². The molecule has 3 aromatic carbocycles. The maximum atomic E-state index is 13.2. The Morgan fingerprint density at radius 2 is 1.78 bits per heavy atom. The van der Waals surface area contributed by atoms with Crippen molar-refractivity contribution in [3.8, 4) is 0 Å². The fourth-order valence-corrected chi connectivity index (χ4v) is 4.58. The molecule has 182 valence electrons. The number of hydrogen-bond acceptors (Lipinski definition) is 5. The number of likely N-dealkylation sites (tertiary alicyclic amines) is 1. The summed E-state index contributed by atoms with van der Waals surface area (Å²) < 4.78 is 5.10. The summed E-state index contributed by atoms with van der Waals surface area (Å²) in [6.07, 6.45) is 1.54. The maximum absolute atomic E-state index is 13.2. The van der Waals surface area contributed by atoms with Gasteiger partial charge in [-0.1, -0.05) is 48.5 Å². The first-order valence-electron chi connectivity index (χ1n) is 12.1. The molecule has 36 heavy (non-hydrogen) atoms. The summed E-state index contributed by atoms with van der Waals surface area (Å²) in [6.45, 7) is 3.44. The number of anilines is 2. The van der Waals surface area contributed by atoms with Crippen LogP contribution in [-0.2, 0) is 20.9 Å². The van der Waals surface area contributed by atoms with Crippen molar-refractivity contribution >= 4 is 40.4 Å². The van der Waals surface area contributed by atoms with Gasteiger partial charge in [0.1, 0.15) is 0 Å². The molecule has 0 aliphatic carbocycles. The Morgan fingerprint density at radius 3 is 2.47 bits per heavy atom. The molecule has 2 amide bonds. The third kappa shape index (κ3) is 4.73. The topological polar surface area (TPSA) is 87.7 Å². The van der Waals surface area contributed by atoms with E-state index in [0.717, 1.165) is 29.8 Å². The Morgan fingerprint density at radius 1 is 1.00 bits per heavy atom. The van der Waals surface area contributed by atoms with E-state index >= 15 is 0 Å². The van der Waals surface area contributed by atoms with Crippen LogP contribution in [0.25, 0.3) is 11.3 Å². The molecule has 0 radical (unpaired) electrons. The highest BCUT2D eigenvalue weighted by Gasteiger charge is 2.29. The SMILES string of the molecule is CCOC(=O)c1ccc2c(c1)NC(=O)C2=C(Nc1ccc(CN2CCCC2=O)cc1)c1ccccc1. The predicted octanol–water partition coefficient (Wildman–Crippen LogP) is 4.92. The van der Waals surface area contributed by atoms with Gasteiger partial charge in [-0.25, -0.2) is 4.79 Å². The molecule has 3 aromatic rings. The van der Waals surface area contributed by atoms with Crippen molar-refractivity contribution in [2.45, 2.75) is 26.3 Å². The highest BCUT2D eigenvalue weighted by molar-refractivity contribution is 6.37. The number of esters is 1. The molecule has 0 saturated carbocycles. The second-order valence-corrected chi connectivity index (χ2v) is 8.79. The lowest BCUT2D eigenvalue weighted by Gasteiger charge is -2.17. The molecule has 0 spiro atoms. The zero-order valence-corrected chi connectivity index (χ0v) is 20.0. The van der Waals surface area contributed by atoms with Gasteiger partial charge in [0.15, 0.2) is 0 Å². The summed E-state index contributed by atoms with van der Waals surface area (Å²) in [4.78, 5) is 39.2. The minimum atomic E-state index is -0.427. The Bertz CT molecular complexity index is 1350. The van der Waals surface area contributed by atoms with Gasteiger partial charge >= 0.3 is 5.97 Å². The van der Waals surface area contributed by atoms with Gasteiger partial charge in [-0.05, 0) is 48.7 Å². The first kappa shape index (κ1) is 23.4. The van der Waals surface area contributed by atoms with E-state index < -0.39 is 5.97 Å². The van der Waals surface area contributed by atoms with Gasteiger partial charge in [0.2, 0.25) is 5.91 Å². The lowest BCUT2D eigenvalue weighted by Crippen LogP contribution is -2.23. The zero-order valence-electron chi connectivity index (χ0n) is 20.0. The fourth-order valence-electron chi connectivity index (χ4n) is 4.58. The second-order valence-electron chi connectivity index (χ2n) is 8.79. The molecule has 2 aliphatic rings. The van der Waals surface area contributed by atoms with Crippen LogP contribution < -0.4 is 10.6 Å². The summed E-state index contributed by atoms with van der Waals surface area (Å²) in [7, 11) is 0. The first-order valence-corrected chi connectivity index (χ1v) is 12.1. The molecule has 7 heteroatoms. The molecule has 0 aromatic heterocycles. The highest BCUT2D eigenvalue weighted by Crippen LogP contribution is 2.38. The Kier molecular flexibility index (Phi) is 6.54. The number of hydrogen-bond donors (Lipinski definition) is 2. The smallest absolute Gasteiger partial charge is 0.338 e. The van der Waals surface area contributed by atoms with Crippen LogP contribution in [-0.4, -0.2) is 35.8 Å². The van der Waals surface area contributed by atoms with Gasteiger partial charge in [-0.3, -0.25) is 9.59 Å². The Balaban J connectivity index is 1.48. The van der Waals surface area contributed by atoms with Crippen LogP contribution in [0, 0.1) is 0 Å². The third-order valence-electron chi connectivity index (χ3n) is 6.36. The number of fused-ring (bicyclic) bond motifs is 1. The Hall–Kier alpha value is -4.39. The molecule has 2 aliphatic heterocycles. The van der Waals surface area contributed by atoms with Gasteiger partial charge in [-0.2, -0.15) is 0 Å². The second kappa shape index (κ2) is 10.1. The average Bonchev–Trinajstić information content (AvgIpc) is 3.45. The number of nitrogens with zero attached hydrogens (tertiary/aromatic N) is 1. The standard InChI is InChI=1S/C29H27N3O4/c1-2-36-29(35)21-12-15-23-24(17-21)31-28(34)26(23)27(20-7-4-3-5-8-20)30-22-13-10-19(11-14-22)18-32-16-6-9-25(32)33/h3-5,7-8,10-15,17,30H,2,6,9,16,18H2,1H3,(H,31,34). The van der Waals surface area contributed by atoms with E-state index in [1.165, 1.54) is 0 Å². The van der Waals surface area contributed by atoms with Crippen LogP contribution in [0.15, 0.2) is 72.8 Å². The molecule has 2 N–H and O–H groups in total. The van der Waals surface area contributed by atoms with E-state index in [9.17, 15) is 14.4 Å². The molecule has 5 rings (SSSR count). The summed E-state index contributed by atoms with van der Waals surface area (Å²) in [6, 6.07) is 22.7. The van der Waals surface area contributed by atoms with Gasteiger partial charge in [-0.15, -0.1) is 0 Å². The van der Waals surface area contributed by atoms with Crippen LogP contribution in [0.4, 0.5) is 11.4 Å². The van der Waals surface area contributed by atoms with E-state index in [2.05, 4.69) is 10.6 Å². The molecule has 7 nitrogen and oxygen atoms in total. The number of carbonyl (C=O) groups is 3. The molecule has 1 fully saturated rings. The first-order chi connectivity index (χ1) is 17.5. The van der Waals surface area contributed by atoms with E-state index in [1.807, 2.05) is 59.5 Å². The highest BCUT2D eigenvalue weighted by atomic mass is 16.5. The van der Waals surface area contributed by atoms with Crippen molar-refractivity contribution in [3.63, 3.8) is 0 Å². The molecule has 0 unspecified atom stereocenters. The van der Waals surface area contributed by atoms with E-state index in [1.54, 1.807) is 25.1 Å². The van der Waals surface area contributed by atoms with Crippen molar-refractivity contribution in [1.29, 1.82) is 0 Å². The van der Waals surface area contributed by atoms with Crippen LogP contribution in [0.2, 0.25) is 0 Å². The van der Waals surface area contributed by atoms with Gasteiger partial charge in [0.05, 0.1) is 29.1 Å². The van der Waals surface area contributed by atoms with Gasteiger partial charge in [0.25, 0.3) is 5.91 Å². The third-order valence-corrected chi connectivity index (χ3v) is 6.36. The lowest BCUT2D eigenvalue weighted by molar-refractivity contribution is -0.128. The number of rotatable bonds is 7. The number of amides is 2. The average molecular weight is 482 g/mol. The molecular weight excluding hydrogens is 454 g/mol. The van der Waals surface area contributed by atoms with Crippen molar-refractivity contribution in [1.82, 2.24) is 4.90 Å². The van der Waals surface area contributed by atoms with Crippen LogP contribution in [0.3, 0.4) is 0 Å². The van der Waals surface area contributed by atoms with Gasteiger partial charge in [0, 0.05) is 30.8 Å². The quantitative estimate of drug-likeness (QED) is 0.370. The predicted molar refractivity (Wildman–Crippen MR) is 139 cm³/mol. The number of ether oxygens (including phenoxy) is 1. The molecule has 0 bridgehead atoms. The number of carbonyl (C=O) groups excluding carboxylic acids is 3. The normalized spacial score (nSPS) is 16.0. The molecular formula is C29H27N3O4. The minimum Gasteiger partial charge on any atom is -0.462 e. The summed E-state index contributed by atoms with van der Waals surface area (Å²) in [5.41, 5.74) is 5.57. The van der Waals surface area contributed by atoms with E-state index in [4.69, 9.17) is 4.74 Å². The van der Waals surface area contributed by atoms with Crippen LogP contribution >= 0.6 is 0 Å². The summed E-state index contributed by atoms with van der Waals surface area (Å²) in [5.74, 6) is -0.476. The van der Waals surface area contributed by atoms with E-state index in [0.29, 0.717) is 41.1 Å². The summed E-state index contributed by atoms with van der Waals surface area (Å²) in [5, 5.41) is 6.33. The number of benzene rings is 3. The minimum absolute atomic E-state index is 0.199. The maximum Gasteiger partial charge on any atom is 0.338 e. The van der Waals surface area contributed by atoms with Crippen LogP contribution in [0.1, 0.15) is 46.8 Å². The van der Waals surface area contributed by atoms with Crippen LogP contribution in [0.5, 0.6) is 0 Å². The number of nitrogens with one attached hydrogen (secondary N) is 2.